The Balaban J connectivity index is 2.01. The monoisotopic (exact) mass is 252 g/mol. The molecule has 1 aliphatic carbocycles. The van der Waals surface area contributed by atoms with Gasteiger partial charge in [-0.05, 0) is 12.8 Å². The molecule has 0 N–H and O–H groups in total. The summed E-state index contributed by atoms with van der Waals surface area (Å²) in [5, 5.41) is 0. The maximum absolute atomic E-state index is 12.6. The van der Waals surface area contributed by atoms with E-state index >= 15 is 0 Å². The van der Waals surface area contributed by atoms with Crippen LogP contribution in [-0.2, 0) is 13.0 Å². The standard InChI is InChI=1S/C15H12N2O2/c18-14-9-5-1-2-6-10(9)15(19)13-12(14)16-11-7-3-4-8-17(11)13/h1-2,5-6H,3-4,7-8H2. The number of hydrogen-bond donors (Lipinski definition) is 0. The third kappa shape index (κ3) is 1.31. The summed E-state index contributed by atoms with van der Waals surface area (Å²) in [4.78, 5) is 29.4. The molecule has 2 aliphatic rings. The average molecular weight is 252 g/mol. The van der Waals surface area contributed by atoms with E-state index in [1.165, 1.54) is 0 Å². The molecular formula is C15H12N2O2. The van der Waals surface area contributed by atoms with Gasteiger partial charge >= 0.3 is 0 Å². The fourth-order valence-corrected chi connectivity index (χ4v) is 3.01. The van der Waals surface area contributed by atoms with Crippen LogP contribution < -0.4 is 0 Å². The molecule has 0 saturated carbocycles. The summed E-state index contributed by atoms with van der Waals surface area (Å²) >= 11 is 0. The first-order chi connectivity index (χ1) is 9.27. The molecular weight excluding hydrogens is 240 g/mol. The minimum Gasteiger partial charge on any atom is -0.325 e. The van der Waals surface area contributed by atoms with Crippen molar-refractivity contribution in [2.45, 2.75) is 25.8 Å². The van der Waals surface area contributed by atoms with Gasteiger partial charge < -0.3 is 4.57 Å². The summed E-state index contributed by atoms with van der Waals surface area (Å²) in [6, 6.07) is 7.01. The van der Waals surface area contributed by atoms with E-state index in [1.807, 2.05) is 4.57 Å². The molecule has 4 heteroatoms. The van der Waals surface area contributed by atoms with Crippen molar-refractivity contribution in [1.82, 2.24) is 9.55 Å². The highest BCUT2D eigenvalue weighted by Gasteiger charge is 2.35. The van der Waals surface area contributed by atoms with Crippen molar-refractivity contribution < 1.29 is 9.59 Å². The molecule has 4 rings (SSSR count). The van der Waals surface area contributed by atoms with Crippen molar-refractivity contribution in [2.75, 3.05) is 0 Å². The van der Waals surface area contributed by atoms with E-state index < -0.39 is 0 Å². The molecule has 4 nitrogen and oxygen atoms in total. The van der Waals surface area contributed by atoms with Gasteiger partial charge in [0.15, 0.2) is 0 Å². The van der Waals surface area contributed by atoms with E-state index in [0.717, 1.165) is 31.6 Å². The second-order valence-electron chi connectivity index (χ2n) is 5.04. The Hall–Kier alpha value is -2.23. The molecule has 1 aromatic carbocycles. The number of carbonyl (C=O) groups is 2. The Morgan fingerprint density at radius 2 is 1.74 bits per heavy atom. The number of aromatic nitrogens is 2. The summed E-state index contributed by atoms with van der Waals surface area (Å²) in [5.74, 6) is 0.698. The Labute approximate surface area is 110 Å². The summed E-state index contributed by atoms with van der Waals surface area (Å²) in [6.45, 7) is 0.791. The molecule has 2 heterocycles. The Kier molecular flexibility index (Phi) is 2.04. The summed E-state index contributed by atoms with van der Waals surface area (Å²) in [7, 11) is 0. The van der Waals surface area contributed by atoms with Gasteiger partial charge in [-0.2, -0.15) is 0 Å². The normalized spacial score (nSPS) is 16.8. The number of carbonyl (C=O) groups excluding carboxylic acids is 2. The van der Waals surface area contributed by atoms with Gasteiger partial charge in [0.05, 0.1) is 0 Å². The number of ketones is 2. The van der Waals surface area contributed by atoms with Gasteiger partial charge in [-0.3, -0.25) is 9.59 Å². The number of nitrogens with zero attached hydrogens (tertiary/aromatic N) is 2. The lowest BCUT2D eigenvalue weighted by atomic mass is 9.90. The zero-order chi connectivity index (χ0) is 13.0. The molecule has 1 aliphatic heterocycles. The molecule has 1 aromatic heterocycles. The zero-order valence-corrected chi connectivity index (χ0v) is 10.3. The third-order valence-corrected chi connectivity index (χ3v) is 3.93. The van der Waals surface area contributed by atoms with E-state index in [9.17, 15) is 9.59 Å². The number of aryl methyl sites for hydroxylation is 1. The predicted molar refractivity (Wildman–Crippen MR) is 68.5 cm³/mol. The van der Waals surface area contributed by atoms with Crippen molar-refractivity contribution in [3.63, 3.8) is 0 Å². The van der Waals surface area contributed by atoms with Crippen molar-refractivity contribution in [2.24, 2.45) is 0 Å². The van der Waals surface area contributed by atoms with Crippen LogP contribution in [0.15, 0.2) is 24.3 Å². The highest BCUT2D eigenvalue weighted by molar-refractivity contribution is 6.27. The molecule has 0 radical (unpaired) electrons. The SMILES string of the molecule is O=C1c2ccccc2C(=O)c2c1nc1n2CCCC1. The highest BCUT2D eigenvalue weighted by Crippen LogP contribution is 2.29. The van der Waals surface area contributed by atoms with Crippen LogP contribution in [0.4, 0.5) is 0 Å². The number of rotatable bonds is 0. The van der Waals surface area contributed by atoms with Crippen LogP contribution in [0, 0.1) is 0 Å². The van der Waals surface area contributed by atoms with Crippen LogP contribution in [-0.4, -0.2) is 21.1 Å². The molecule has 19 heavy (non-hydrogen) atoms. The van der Waals surface area contributed by atoms with Crippen LogP contribution in [0.25, 0.3) is 0 Å². The maximum Gasteiger partial charge on any atom is 0.214 e. The van der Waals surface area contributed by atoms with Crippen molar-refractivity contribution in [1.29, 1.82) is 0 Å². The average Bonchev–Trinajstić information content (AvgIpc) is 2.84. The van der Waals surface area contributed by atoms with Gasteiger partial charge in [0, 0.05) is 24.1 Å². The highest BCUT2D eigenvalue weighted by atomic mass is 16.1. The minimum absolute atomic E-state index is 0.0640. The summed E-state index contributed by atoms with van der Waals surface area (Å²) in [5.41, 5.74) is 1.84. The van der Waals surface area contributed by atoms with Crippen molar-refractivity contribution >= 4 is 11.6 Å². The number of hydrogen-bond acceptors (Lipinski definition) is 3. The zero-order valence-electron chi connectivity index (χ0n) is 10.3. The second-order valence-corrected chi connectivity index (χ2v) is 5.04. The lowest BCUT2D eigenvalue weighted by Gasteiger charge is -2.18. The smallest absolute Gasteiger partial charge is 0.214 e. The fourth-order valence-electron chi connectivity index (χ4n) is 3.01. The number of imidazole rings is 1. The first-order valence-corrected chi connectivity index (χ1v) is 6.55. The van der Waals surface area contributed by atoms with Gasteiger partial charge in [-0.1, -0.05) is 24.3 Å². The third-order valence-electron chi connectivity index (χ3n) is 3.93. The summed E-state index contributed by atoms with van der Waals surface area (Å²) in [6.07, 6.45) is 2.97. The molecule has 2 aromatic rings. The van der Waals surface area contributed by atoms with Crippen LogP contribution in [0.2, 0.25) is 0 Å². The van der Waals surface area contributed by atoms with Gasteiger partial charge in [0.2, 0.25) is 11.6 Å². The van der Waals surface area contributed by atoms with Gasteiger partial charge in [-0.15, -0.1) is 0 Å². The minimum atomic E-state index is -0.118. The van der Waals surface area contributed by atoms with Crippen LogP contribution in [0.5, 0.6) is 0 Å². The number of fused-ring (bicyclic) bond motifs is 4. The summed E-state index contributed by atoms with van der Waals surface area (Å²) < 4.78 is 1.94. The second kappa shape index (κ2) is 3.63. The maximum atomic E-state index is 12.6. The Morgan fingerprint density at radius 1 is 1.00 bits per heavy atom. The molecule has 0 unspecified atom stereocenters. The molecule has 0 bridgehead atoms. The predicted octanol–water partition coefficient (Wildman–Crippen LogP) is 1.99. The van der Waals surface area contributed by atoms with E-state index in [1.54, 1.807) is 24.3 Å². The molecule has 0 atom stereocenters. The molecule has 94 valence electrons. The number of benzene rings is 1. The van der Waals surface area contributed by atoms with Crippen molar-refractivity contribution in [3.05, 3.63) is 52.6 Å². The van der Waals surface area contributed by atoms with Crippen LogP contribution >= 0.6 is 0 Å². The molecule has 0 amide bonds. The van der Waals surface area contributed by atoms with Crippen LogP contribution in [0.3, 0.4) is 0 Å². The lowest BCUT2D eigenvalue weighted by molar-refractivity contribution is 0.0970. The lowest BCUT2D eigenvalue weighted by Crippen LogP contribution is -2.24. The van der Waals surface area contributed by atoms with Gasteiger partial charge in [-0.25, -0.2) is 4.98 Å². The Morgan fingerprint density at radius 3 is 2.53 bits per heavy atom. The van der Waals surface area contributed by atoms with E-state index in [-0.39, 0.29) is 11.6 Å². The first-order valence-electron chi connectivity index (χ1n) is 6.55. The molecule has 0 spiro atoms. The van der Waals surface area contributed by atoms with E-state index in [4.69, 9.17) is 0 Å². The van der Waals surface area contributed by atoms with Gasteiger partial charge in [0.25, 0.3) is 0 Å². The molecule has 0 saturated heterocycles. The quantitative estimate of drug-likeness (QED) is 0.615. The van der Waals surface area contributed by atoms with E-state index in [0.29, 0.717) is 22.5 Å². The van der Waals surface area contributed by atoms with Gasteiger partial charge in [0.1, 0.15) is 17.2 Å². The van der Waals surface area contributed by atoms with E-state index in [2.05, 4.69) is 4.98 Å². The van der Waals surface area contributed by atoms with Crippen LogP contribution in [0.1, 0.15) is 50.8 Å². The molecule has 0 fully saturated rings. The Bertz CT molecular complexity index is 728. The fraction of sp³-hybridized carbons (Fsp3) is 0.267. The topological polar surface area (TPSA) is 52.0 Å². The first kappa shape index (κ1) is 10.7. The van der Waals surface area contributed by atoms with Crippen molar-refractivity contribution in [3.8, 4) is 0 Å². The largest absolute Gasteiger partial charge is 0.325 e.